The third-order valence-corrected chi connectivity index (χ3v) is 3.19. The number of hydrogen-bond acceptors (Lipinski definition) is 4. The summed E-state index contributed by atoms with van der Waals surface area (Å²) in [6.07, 6.45) is 1.80. The zero-order valence-electron chi connectivity index (χ0n) is 9.83. The second-order valence-electron chi connectivity index (χ2n) is 4.01. The van der Waals surface area contributed by atoms with Crippen LogP contribution in [0.25, 0.3) is 0 Å². The molecule has 2 rings (SSSR count). The van der Waals surface area contributed by atoms with Crippen LogP contribution in [0.4, 0.5) is 13.2 Å². The highest BCUT2D eigenvalue weighted by atomic mass is 32.2. The highest BCUT2D eigenvalue weighted by Gasteiger charge is 2.31. The van der Waals surface area contributed by atoms with E-state index in [2.05, 4.69) is 5.32 Å². The van der Waals surface area contributed by atoms with Crippen LogP contribution in [-0.4, -0.2) is 30.7 Å². The van der Waals surface area contributed by atoms with Crippen molar-refractivity contribution in [2.24, 2.45) is 0 Å². The summed E-state index contributed by atoms with van der Waals surface area (Å²) < 4.78 is 46.4. The van der Waals surface area contributed by atoms with Gasteiger partial charge in [-0.25, -0.2) is 0 Å². The molecule has 0 bridgehead atoms. The zero-order chi connectivity index (χ0) is 13.9. The fraction of sp³-hybridized carbons (Fsp3) is 0.545. The first-order valence-corrected chi connectivity index (χ1v) is 6.51. The van der Waals surface area contributed by atoms with Crippen LogP contribution in [0.15, 0.2) is 21.6 Å². The van der Waals surface area contributed by atoms with Crippen molar-refractivity contribution in [3.8, 4) is 0 Å². The smallest absolute Gasteiger partial charge is 0.444 e. The lowest BCUT2D eigenvalue weighted by Gasteiger charge is -2.09. The molecule has 0 radical (unpaired) electrons. The average Bonchev–Trinajstić information content (AvgIpc) is 2.94. The van der Waals surface area contributed by atoms with E-state index in [9.17, 15) is 18.0 Å². The normalized spacial score (nSPS) is 19.6. The number of nitrogens with one attached hydrogen (secondary N) is 1. The molecule has 19 heavy (non-hydrogen) atoms. The van der Waals surface area contributed by atoms with Gasteiger partial charge in [0.05, 0.1) is 6.10 Å². The summed E-state index contributed by atoms with van der Waals surface area (Å²) in [4.78, 5) is 11.6. The van der Waals surface area contributed by atoms with Gasteiger partial charge in [-0.1, -0.05) is 0 Å². The predicted molar refractivity (Wildman–Crippen MR) is 61.9 cm³/mol. The van der Waals surface area contributed by atoms with Crippen molar-refractivity contribution in [1.29, 1.82) is 0 Å². The van der Waals surface area contributed by atoms with Crippen molar-refractivity contribution in [2.75, 3.05) is 13.2 Å². The van der Waals surface area contributed by atoms with Crippen molar-refractivity contribution >= 4 is 17.7 Å². The van der Waals surface area contributed by atoms with Gasteiger partial charge < -0.3 is 14.5 Å². The van der Waals surface area contributed by atoms with E-state index < -0.39 is 11.4 Å². The summed E-state index contributed by atoms with van der Waals surface area (Å²) in [5.41, 5.74) is -4.43. The van der Waals surface area contributed by atoms with Gasteiger partial charge in [0.1, 0.15) is 0 Å². The number of amides is 1. The fourth-order valence-electron chi connectivity index (χ4n) is 1.71. The van der Waals surface area contributed by atoms with Crippen LogP contribution in [0.5, 0.6) is 0 Å². The van der Waals surface area contributed by atoms with Gasteiger partial charge in [0, 0.05) is 24.9 Å². The number of rotatable bonds is 4. The molecule has 0 spiro atoms. The second kappa shape index (κ2) is 5.87. The van der Waals surface area contributed by atoms with Crippen molar-refractivity contribution in [3.63, 3.8) is 0 Å². The first-order valence-electron chi connectivity index (χ1n) is 5.69. The molecule has 1 amide bonds. The van der Waals surface area contributed by atoms with Gasteiger partial charge in [-0.15, -0.1) is 0 Å². The molecule has 1 aliphatic rings. The van der Waals surface area contributed by atoms with Crippen LogP contribution in [-0.2, 0) is 4.74 Å². The van der Waals surface area contributed by atoms with Crippen LogP contribution in [0.3, 0.4) is 0 Å². The maximum atomic E-state index is 12.1. The lowest BCUT2D eigenvalue weighted by atomic mass is 10.2. The molecule has 1 aromatic heterocycles. The van der Waals surface area contributed by atoms with Crippen LogP contribution in [0.2, 0.25) is 0 Å². The standard InChI is InChI=1S/C11H12F3NO3S/c12-11(13,14)19-9-4-3-8(18-9)10(16)15-6-7-2-1-5-17-7/h3-4,7H,1-2,5-6H2,(H,15,16). The molecular formula is C11H12F3NO3S. The topological polar surface area (TPSA) is 51.5 Å². The van der Waals surface area contributed by atoms with E-state index in [0.29, 0.717) is 13.2 Å². The van der Waals surface area contributed by atoms with Gasteiger partial charge in [0.15, 0.2) is 10.9 Å². The molecule has 106 valence electrons. The van der Waals surface area contributed by atoms with Gasteiger partial charge in [-0.3, -0.25) is 4.79 Å². The monoisotopic (exact) mass is 295 g/mol. The van der Waals surface area contributed by atoms with Crippen LogP contribution in [0, 0.1) is 0 Å². The Hall–Kier alpha value is -1.15. The maximum absolute atomic E-state index is 12.1. The molecule has 4 nitrogen and oxygen atoms in total. The van der Waals surface area contributed by atoms with E-state index >= 15 is 0 Å². The fourth-order valence-corrected chi connectivity index (χ4v) is 2.21. The third-order valence-electron chi connectivity index (χ3n) is 2.54. The Kier molecular flexibility index (Phi) is 4.41. The van der Waals surface area contributed by atoms with Gasteiger partial charge >= 0.3 is 5.51 Å². The molecule has 0 aromatic carbocycles. The Balaban J connectivity index is 1.85. The second-order valence-corrected chi connectivity index (χ2v) is 5.08. The minimum atomic E-state index is -4.43. The largest absolute Gasteiger partial charge is 0.449 e. The first kappa shape index (κ1) is 14.3. The molecule has 1 aromatic rings. The van der Waals surface area contributed by atoms with Crippen molar-refractivity contribution in [2.45, 2.75) is 29.5 Å². The number of hydrogen-bond donors (Lipinski definition) is 1. The van der Waals surface area contributed by atoms with Gasteiger partial charge in [0.2, 0.25) is 0 Å². The van der Waals surface area contributed by atoms with Crippen LogP contribution in [0.1, 0.15) is 23.4 Å². The summed E-state index contributed by atoms with van der Waals surface area (Å²) in [6, 6.07) is 2.35. The SMILES string of the molecule is O=C(NCC1CCCO1)c1ccc(SC(F)(F)F)o1. The van der Waals surface area contributed by atoms with E-state index in [1.807, 2.05) is 0 Å². The molecule has 0 aliphatic carbocycles. The Morgan fingerprint density at radius 2 is 2.26 bits per heavy atom. The molecule has 8 heteroatoms. The highest BCUT2D eigenvalue weighted by molar-refractivity contribution is 8.00. The van der Waals surface area contributed by atoms with E-state index in [0.717, 1.165) is 18.9 Å². The molecule has 1 atom stereocenters. The predicted octanol–water partition coefficient (Wildman–Crippen LogP) is 2.80. The summed E-state index contributed by atoms with van der Waals surface area (Å²) in [6.45, 7) is 1.01. The summed E-state index contributed by atoms with van der Waals surface area (Å²) in [5.74, 6) is -0.672. The molecule has 1 aliphatic heterocycles. The van der Waals surface area contributed by atoms with Gasteiger partial charge in [-0.05, 0) is 25.0 Å². The highest BCUT2D eigenvalue weighted by Crippen LogP contribution is 2.37. The quantitative estimate of drug-likeness (QED) is 0.868. The lowest BCUT2D eigenvalue weighted by molar-refractivity contribution is -0.0335. The number of alkyl halides is 3. The third kappa shape index (κ3) is 4.46. The van der Waals surface area contributed by atoms with E-state index in [1.165, 1.54) is 6.07 Å². The Bertz CT molecular complexity index is 441. The Labute approximate surface area is 111 Å². The van der Waals surface area contributed by atoms with Gasteiger partial charge in [0.25, 0.3) is 5.91 Å². The molecule has 1 fully saturated rings. The van der Waals surface area contributed by atoms with E-state index in [4.69, 9.17) is 9.15 Å². The van der Waals surface area contributed by atoms with Gasteiger partial charge in [-0.2, -0.15) is 13.2 Å². The summed E-state index contributed by atoms with van der Waals surface area (Å²) in [5, 5.41) is 2.22. The van der Waals surface area contributed by atoms with Crippen molar-refractivity contribution in [3.05, 3.63) is 17.9 Å². The van der Waals surface area contributed by atoms with Crippen LogP contribution >= 0.6 is 11.8 Å². The lowest BCUT2D eigenvalue weighted by Crippen LogP contribution is -2.31. The molecule has 0 saturated carbocycles. The van der Waals surface area contributed by atoms with Crippen LogP contribution < -0.4 is 5.32 Å². The number of ether oxygens (including phenoxy) is 1. The number of furan rings is 1. The summed E-state index contributed by atoms with van der Waals surface area (Å²) >= 11 is -0.389. The Morgan fingerprint density at radius 3 is 2.89 bits per heavy atom. The van der Waals surface area contributed by atoms with Crippen molar-refractivity contribution < 1.29 is 27.1 Å². The molecule has 1 N–H and O–H groups in total. The minimum Gasteiger partial charge on any atom is -0.444 e. The molecule has 2 heterocycles. The number of carbonyl (C=O) groups excluding carboxylic acids is 1. The zero-order valence-corrected chi connectivity index (χ0v) is 10.6. The van der Waals surface area contributed by atoms with E-state index in [-0.39, 0.29) is 28.7 Å². The first-order chi connectivity index (χ1) is 8.94. The maximum Gasteiger partial charge on any atom is 0.449 e. The Morgan fingerprint density at radius 1 is 1.47 bits per heavy atom. The van der Waals surface area contributed by atoms with Crippen molar-refractivity contribution in [1.82, 2.24) is 5.32 Å². The summed E-state index contributed by atoms with van der Waals surface area (Å²) in [7, 11) is 0. The number of halogens is 3. The number of carbonyl (C=O) groups is 1. The molecule has 1 unspecified atom stereocenters. The molecule has 1 saturated heterocycles. The average molecular weight is 295 g/mol. The van der Waals surface area contributed by atoms with E-state index in [1.54, 1.807) is 0 Å². The number of thioether (sulfide) groups is 1. The molecular weight excluding hydrogens is 283 g/mol. The minimum absolute atomic E-state index is 0.0251.